The van der Waals surface area contributed by atoms with E-state index in [-0.39, 0.29) is 17.5 Å². The monoisotopic (exact) mass is 284 g/mol. The predicted octanol–water partition coefficient (Wildman–Crippen LogP) is 1.33. The van der Waals surface area contributed by atoms with E-state index < -0.39 is 10.0 Å². The van der Waals surface area contributed by atoms with E-state index >= 15 is 0 Å². The van der Waals surface area contributed by atoms with Gasteiger partial charge in [0.25, 0.3) is 0 Å². The molecule has 0 unspecified atom stereocenters. The van der Waals surface area contributed by atoms with Gasteiger partial charge in [0.2, 0.25) is 10.0 Å². The van der Waals surface area contributed by atoms with Crippen LogP contribution in [-0.2, 0) is 16.6 Å². The van der Waals surface area contributed by atoms with Crippen LogP contribution in [0, 0.1) is 0 Å². The molecule has 106 valence electrons. The SMILES string of the molecule is CCOc1ccc(S(=O)(=O)N(C)C2CC2)cc1CN. The van der Waals surface area contributed by atoms with Crippen LogP contribution in [0.2, 0.25) is 0 Å². The first-order valence-electron chi connectivity index (χ1n) is 6.44. The molecule has 6 heteroatoms. The van der Waals surface area contributed by atoms with Crippen molar-refractivity contribution in [1.29, 1.82) is 0 Å². The molecule has 0 aliphatic heterocycles. The Morgan fingerprint density at radius 2 is 2.11 bits per heavy atom. The standard InChI is InChI=1S/C13H20N2O3S/c1-3-18-13-7-6-12(8-10(13)9-14)19(16,17)15(2)11-4-5-11/h6-8,11H,3-5,9,14H2,1-2H3. The summed E-state index contributed by atoms with van der Waals surface area (Å²) in [6.45, 7) is 2.67. The van der Waals surface area contributed by atoms with Crippen LogP contribution in [-0.4, -0.2) is 32.4 Å². The molecule has 0 radical (unpaired) electrons. The summed E-state index contributed by atoms with van der Waals surface area (Å²) in [6.07, 6.45) is 1.88. The average Bonchev–Trinajstić information content (AvgIpc) is 3.22. The van der Waals surface area contributed by atoms with Gasteiger partial charge >= 0.3 is 0 Å². The van der Waals surface area contributed by atoms with Gasteiger partial charge in [-0.15, -0.1) is 0 Å². The lowest BCUT2D eigenvalue weighted by molar-refractivity contribution is 0.336. The zero-order valence-electron chi connectivity index (χ0n) is 11.3. The van der Waals surface area contributed by atoms with E-state index in [1.165, 1.54) is 4.31 Å². The van der Waals surface area contributed by atoms with E-state index in [1.54, 1.807) is 25.2 Å². The Hall–Kier alpha value is -1.11. The van der Waals surface area contributed by atoms with Gasteiger partial charge in [-0.1, -0.05) is 0 Å². The molecule has 1 aromatic rings. The highest BCUT2D eigenvalue weighted by Gasteiger charge is 2.35. The van der Waals surface area contributed by atoms with Gasteiger partial charge in [0.1, 0.15) is 5.75 Å². The van der Waals surface area contributed by atoms with Gasteiger partial charge in [-0.3, -0.25) is 0 Å². The fraction of sp³-hybridized carbons (Fsp3) is 0.538. The first-order valence-corrected chi connectivity index (χ1v) is 7.88. The fourth-order valence-electron chi connectivity index (χ4n) is 1.97. The smallest absolute Gasteiger partial charge is 0.243 e. The number of sulfonamides is 1. The number of hydrogen-bond donors (Lipinski definition) is 1. The molecule has 0 spiro atoms. The van der Waals surface area contributed by atoms with E-state index in [0.717, 1.165) is 12.8 Å². The van der Waals surface area contributed by atoms with Gasteiger partial charge < -0.3 is 10.5 Å². The lowest BCUT2D eigenvalue weighted by atomic mass is 10.2. The molecule has 2 rings (SSSR count). The summed E-state index contributed by atoms with van der Waals surface area (Å²) < 4.78 is 31.7. The van der Waals surface area contributed by atoms with Gasteiger partial charge in [0, 0.05) is 25.2 Å². The highest BCUT2D eigenvalue weighted by molar-refractivity contribution is 7.89. The third-order valence-corrected chi connectivity index (χ3v) is 5.20. The number of nitrogens with two attached hydrogens (primary N) is 1. The zero-order chi connectivity index (χ0) is 14.0. The number of ether oxygens (including phenoxy) is 1. The minimum Gasteiger partial charge on any atom is -0.494 e. The van der Waals surface area contributed by atoms with Crippen LogP contribution in [0.5, 0.6) is 5.75 Å². The Morgan fingerprint density at radius 3 is 2.63 bits per heavy atom. The minimum absolute atomic E-state index is 0.151. The molecule has 1 saturated carbocycles. The van der Waals surface area contributed by atoms with Crippen LogP contribution in [0.25, 0.3) is 0 Å². The van der Waals surface area contributed by atoms with Crippen LogP contribution in [0.4, 0.5) is 0 Å². The van der Waals surface area contributed by atoms with Crippen LogP contribution < -0.4 is 10.5 Å². The maximum atomic E-state index is 12.4. The molecule has 0 heterocycles. The molecule has 0 atom stereocenters. The van der Waals surface area contributed by atoms with Gasteiger partial charge in [-0.05, 0) is 38.0 Å². The van der Waals surface area contributed by atoms with Gasteiger partial charge in [0.15, 0.2) is 0 Å². The summed E-state index contributed by atoms with van der Waals surface area (Å²) in [5.74, 6) is 0.651. The summed E-state index contributed by atoms with van der Waals surface area (Å²) in [5, 5.41) is 0. The van der Waals surface area contributed by atoms with Crippen molar-refractivity contribution in [3.63, 3.8) is 0 Å². The molecule has 1 aromatic carbocycles. The predicted molar refractivity (Wildman–Crippen MR) is 73.5 cm³/mol. The first kappa shape index (κ1) is 14.3. The highest BCUT2D eigenvalue weighted by Crippen LogP contribution is 2.31. The van der Waals surface area contributed by atoms with E-state index in [0.29, 0.717) is 17.9 Å². The quantitative estimate of drug-likeness (QED) is 0.855. The van der Waals surface area contributed by atoms with Crippen molar-refractivity contribution in [1.82, 2.24) is 4.31 Å². The number of nitrogens with zero attached hydrogens (tertiary/aromatic N) is 1. The molecule has 0 aromatic heterocycles. The molecule has 1 aliphatic rings. The Bertz CT molecular complexity index is 553. The average molecular weight is 284 g/mol. The van der Waals surface area contributed by atoms with Crippen LogP contribution in [0.3, 0.4) is 0 Å². The Balaban J connectivity index is 2.34. The lowest BCUT2D eigenvalue weighted by Crippen LogP contribution is -2.29. The van der Waals surface area contributed by atoms with E-state index in [1.807, 2.05) is 6.92 Å². The van der Waals surface area contributed by atoms with Crippen molar-refractivity contribution in [2.24, 2.45) is 5.73 Å². The molecule has 0 bridgehead atoms. The first-order chi connectivity index (χ1) is 9.00. The Labute approximate surface area is 114 Å². The van der Waals surface area contributed by atoms with Crippen molar-refractivity contribution in [2.75, 3.05) is 13.7 Å². The van der Waals surface area contributed by atoms with Gasteiger partial charge in [-0.2, -0.15) is 4.31 Å². The van der Waals surface area contributed by atoms with Crippen molar-refractivity contribution >= 4 is 10.0 Å². The van der Waals surface area contributed by atoms with E-state index in [2.05, 4.69) is 0 Å². The van der Waals surface area contributed by atoms with Crippen LogP contribution in [0.1, 0.15) is 25.3 Å². The topological polar surface area (TPSA) is 72.6 Å². The van der Waals surface area contributed by atoms with Gasteiger partial charge in [0.05, 0.1) is 11.5 Å². The molecule has 1 aliphatic carbocycles. The molecule has 19 heavy (non-hydrogen) atoms. The molecule has 5 nitrogen and oxygen atoms in total. The summed E-state index contributed by atoms with van der Waals surface area (Å²) in [4.78, 5) is 0.283. The molecule has 2 N–H and O–H groups in total. The number of hydrogen-bond acceptors (Lipinski definition) is 4. The summed E-state index contributed by atoms with van der Waals surface area (Å²) in [5.41, 5.74) is 6.37. The maximum Gasteiger partial charge on any atom is 0.243 e. The largest absolute Gasteiger partial charge is 0.494 e. The second-order valence-electron chi connectivity index (χ2n) is 4.66. The van der Waals surface area contributed by atoms with Gasteiger partial charge in [-0.25, -0.2) is 8.42 Å². The molecule has 1 fully saturated rings. The molecular formula is C13H20N2O3S. The maximum absolute atomic E-state index is 12.4. The van der Waals surface area contributed by atoms with E-state index in [4.69, 9.17) is 10.5 Å². The van der Waals surface area contributed by atoms with Crippen molar-refractivity contribution < 1.29 is 13.2 Å². The third-order valence-electron chi connectivity index (χ3n) is 3.29. The zero-order valence-corrected chi connectivity index (χ0v) is 12.1. The molecular weight excluding hydrogens is 264 g/mol. The molecule has 0 amide bonds. The fourth-order valence-corrected chi connectivity index (χ4v) is 3.44. The second kappa shape index (κ2) is 5.48. The molecule has 0 saturated heterocycles. The van der Waals surface area contributed by atoms with Crippen molar-refractivity contribution in [3.05, 3.63) is 23.8 Å². The number of benzene rings is 1. The Morgan fingerprint density at radius 1 is 1.42 bits per heavy atom. The minimum atomic E-state index is -3.42. The summed E-state index contributed by atoms with van der Waals surface area (Å²) in [6, 6.07) is 5.02. The lowest BCUT2D eigenvalue weighted by Gasteiger charge is -2.17. The summed E-state index contributed by atoms with van der Waals surface area (Å²) in [7, 11) is -1.79. The Kier molecular flexibility index (Phi) is 4.13. The second-order valence-corrected chi connectivity index (χ2v) is 6.66. The van der Waals surface area contributed by atoms with Crippen LogP contribution >= 0.6 is 0 Å². The van der Waals surface area contributed by atoms with Crippen LogP contribution in [0.15, 0.2) is 23.1 Å². The summed E-state index contributed by atoms with van der Waals surface area (Å²) >= 11 is 0. The normalized spacial score (nSPS) is 15.8. The third kappa shape index (κ3) is 2.91. The number of rotatable bonds is 6. The van der Waals surface area contributed by atoms with E-state index in [9.17, 15) is 8.42 Å². The van der Waals surface area contributed by atoms with Crippen molar-refractivity contribution in [3.8, 4) is 5.75 Å². The van der Waals surface area contributed by atoms with Crippen molar-refractivity contribution in [2.45, 2.75) is 37.2 Å². The highest BCUT2D eigenvalue weighted by atomic mass is 32.2.